The molecule has 0 amide bonds. The first-order valence-corrected chi connectivity index (χ1v) is 11.7. The highest BCUT2D eigenvalue weighted by atomic mass is 19.4. The molecule has 0 bridgehead atoms. The van der Waals surface area contributed by atoms with Gasteiger partial charge in [0.2, 0.25) is 0 Å². The molecule has 0 aliphatic carbocycles. The van der Waals surface area contributed by atoms with Crippen LogP contribution in [0.5, 0.6) is 0 Å². The average molecular weight is 520 g/mol. The van der Waals surface area contributed by atoms with Gasteiger partial charge in [0, 0.05) is 29.9 Å². The minimum absolute atomic E-state index is 0.0657. The largest absolute Gasteiger partial charge is 0.417 e. The lowest BCUT2D eigenvalue weighted by atomic mass is 9.97. The maximum Gasteiger partial charge on any atom is 0.417 e. The predicted molar refractivity (Wildman–Crippen MR) is 126 cm³/mol. The van der Waals surface area contributed by atoms with Gasteiger partial charge in [-0.1, -0.05) is 6.07 Å². The number of rotatable bonds is 5. The summed E-state index contributed by atoms with van der Waals surface area (Å²) in [5.41, 5.74) is -2.73. The molecule has 0 spiro atoms. The summed E-state index contributed by atoms with van der Waals surface area (Å²) >= 11 is 0. The Morgan fingerprint density at radius 3 is 2.27 bits per heavy atom. The first-order valence-electron chi connectivity index (χ1n) is 11.7. The minimum atomic E-state index is -5.04. The molecule has 0 unspecified atom stereocenters. The van der Waals surface area contributed by atoms with E-state index in [4.69, 9.17) is 0 Å². The lowest BCUT2D eigenvalue weighted by molar-refractivity contribution is -0.142. The number of benzene rings is 2. The predicted octanol–water partition coefficient (Wildman–Crippen LogP) is 5.99. The van der Waals surface area contributed by atoms with Crippen molar-refractivity contribution in [3.05, 3.63) is 82.4 Å². The molecule has 194 valence electrons. The van der Waals surface area contributed by atoms with Gasteiger partial charge in [0.05, 0.1) is 29.4 Å². The van der Waals surface area contributed by atoms with Gasteiger partial charge in [0.25, 0.3) is 5.56 Å². The van der Waals surface area contributed by atoms with E-state index in [-0.39, 0.29) is 11.6 Å². The number of halogens is 6. The molecule has 0 N–H and O–H groups in total. The molecule has 3 heterocycles. The Morgan fingerprint density at radius 1 is 0.838 bits per heavy atom. The zero-order valence-electron chi connectivity index (χ0n) is 19.5. The Hall–Kier alpha value is -3.60. The third-order valence-corrected chi connectivity index (χ3v) is 6.61. The zero-order chi connectivity index (χ0) is 26.4. The second kappa shape index (κ2) is 9.37. The summed E-state index contributed by atoms with van der Waals surface area (Å²) in [6.45, 7) is 3.79. The normalized spacial score (nSPS) is 15.1. The van der Waals surface area contributed by atoms with E-state index in [1.54, 1.807) is 18.3 Å². The number of hydrogen-bond donors (Lipinski definition) is 0. The molecule has 0 radical (unpaired) electrons. The van der Waals surface area contributed by atoms with Gasteiger partial charge in [0.1, 0.15) is 0 Å². The van der Waals surface area contributed by atoms with Crippen LogP contribution < -0.4 is 5.56 Å². The number of hydrogen-bond acceptors (Lipinski definition) is 3. The van der Waals surface area contributed by atoms with Gasteiger partial charge < -0.3 is 4.90 Å². The summed E-state index contributed by atoms with van der Waals surface area (Å²) in [5, 5.41) is 5.24. The fraction of sp³-hybridized carbons (Fsp3) is 0.308. The second-order valence-corrected chi connectivity index (χ2v) is 9.04. The molecule has 5 nitrogen and oxygen atoms in total. The molecule has 1 saturated heterocycles. The number of likely N-dealkylation sites (tertiary alicyclic amines) is 1. The van der Waals surface area contributed by atoms with Crippen LogP contribution in [0, 0.1) is 0 Å². The molecule has 1 aliphatic rings. The van der Waals surface area contributed by atoms with E-state index >= 15 is 0 Å². The fourth-order valence-corrected chi connectivity index (χ4v) is 4.71. The second-order valence-electron chi connectivity index (χ2n) is 9.04. The van der Waals surface area contributed by atoms with Crippen LogP contribution in [0.25, 0.3) is 27.7 Å². The van der Waals surface area contributed by atoms with E-state index in [0.29, 0.717) is 11.8 Å². The van der Waals surface area contributed by atoms with Crippen LogP contribution in [0.15, 0.2) is 65.7 Å². The van der Waals surface area contributed by atoms with Crippen LogP contribution in [-0.2, 0) is 18.9 Å². The molecular weight excluding hydrogens is 498 g/mol. The van der Waals surface area contributed by atoms with Crippen LogP contribution in [0.4, 0.5) is 26.3 Å². The van der Waals surface area contributed by atoms with Gasteiger partial charge in [-0.3, -0.25) is 14.0 Å². The van der Waals surface area contributed by atoms with Crippen molar-refractivity contribution in [1.82, 2.24) is 19.2 Å². The van der Waals surface area contributed by atoms with Gasteiger partial charge >= 0.3 is 12.4 Å². The SMILES string of the molecule is O=c1cc(-c2ccc(C(F)(F)F)cc2C(F)(F)F)ccn1-c1ccc2c(cnn2CCN2CCCC2)c1. The molecule has 0 saturated carbocycles. The molecule has 37 heavy (non-hydrogen) atoms. The van der Waals surface area contributed by atoms with Crippen LogP contribution in [0.2, 0.25) is 0 Å². The van der Waals surface area contributed by atoms with Gasteiger partial charge in [-0.15, -0.1) is 0 Å². The number of aromatic nitrogens is 3. The zero-order valence-corrected chi connectivity index (χ0v) is 19.5. The summed E-state index contributed by atoms with van der Waals surface area (Å²) in [5.74, 6) is 0. The molecule has 1 fully saturated rings. The maximum absolute atomic E-state index is 13.6. The van der Waals surface area contributed by atoms with E-state index in [1.807, 2.05) is 10.7 Å². The Bertz CT molecular complexity index is 1500. The number of fused-ring (bicyclic) bond motifs is 1. The summed E-state index contributed by atoms with van der Waals surface area (Å²) in [6, 6.07) is 8.96. The number of alkyl halides is 6. The molecule has 11 heteroatoms. The molecular formula is C26H22F6N4O. The van der Waals surface area contributed by atoms with E-state index < -0.39 is 34.6 Å². The maximum atomic E-state index is 13.6. The van der Waals surface area contributed by atoms with E-state index in [1.165, 1.54) is 29.7 Å². The number of pyridine rings is 1. The van der Waals surface area contributed by atoms with Crippen LogP contribution >= 0.6 is 0 Å². The van der Waals surface area contributed by atoms with Gasteiger partial charge in [0.15, 0.2) is 0 Å². The molecule has 0 atom stereocenters. The summed E-state index contributed by atoms with van der Waals surface area (Å²) < 4.78 is 82.9. The van der Waals surface area contributed by atoms with E-state index in [9.17, 15) is 31.1 Å². The highest BCUT2D eigenvalue weighted by Gasteiger charge is 2.38. The topological polar surface area (TPSA) is 43.1 Å². The molecule has 1 aliphatic heterocycles. The Morgan fingerprint density at radius 2 is 1.59 bits per heavy atom. The van der Waals surface area contributed by atoms with Crippen molar-refractivity contribution in [3.8, 4) is 16.8 Å². The first kappa shape index (κ1) is 25.1. The van der Waals surface area contributed by atoms with Gasteiger partial charge in [-0.25, -0.2) is 0 Å². The van der Waals surface area contributed by atoms with Crippen molar-refractivity contribution in [2.24, 2.45) is 0 Å². The third kappa shape index (κ3) is 5.13. The lowest BCUT2D eigenvalue weighted by Crippen LogP contribution is -2.24. The average Bonchev–Trinajstić information content (AvgIpc) is 3.50. The highest BCUT2D eigenvalue weighted by Crippen LogP contribution is 2.40. The van der Waals surface area contributed by atoms with Crippen LogP contribution in [-0.4, -0.2) is 38.9 Å². The standard InChI is InChI=1S/C26H22F6N4O/c27-25(28,29)19-3-5-21(22(15-19)26(30,31)32)17-7-10-35(24(37)14-17)20-4-6-23-18(13-20)16-33-36(23)12-11-34-8-1-2-9-34/h3-7,10,13-16H,1-2,8-9,11-12H2. The molecule has 2 aromatic heterocycles. The number of nitrogens with zero attached hydrogens (tertiary/aromatic N) is 4. The molecule has 2 aromatic carbocycles. The van der Waals surface area contributed by atoms with Gasteiger partial charge in [-0.2, -0.15) is 31.4 Å². The Balaban J connectivity index is 1.45. The van der Waals surface area contributed by atoms with Crippen molar-refractivity contribution in [2.75, 3.05) is 19.6 Å². The Kier molecular flexibility index (Phi) is 6.35. The van der Waals surface area contributed by atoms with Crippen molar-refractivity contribution in [2.45, 2.75) is 31.7 Å². The summed E-state index contributed by atoms with van der Waals surface area (Å²) in [6.07, 6.45) is -4.55. The van der Waals surface area contributed by atoms with Crippen molar-refractivity contribution in [1.29, 1.82) is 0 Å². The van der Waals surface area contributed by atoms with Crippen LogP contribution in [0.3, 0.4) is 0 Å². The molecule has 4 aromatic rings. The monoisotopic (exact) mass is 520 g/mol. The van der Waals surface area contributed by atoms with E-state index in [0.717, 1.165) is 49.2 Å². The lowest BCUT2D eigenvalue weighted by Gasteiger charge is -2.16. The van der Waals surface area contributed by atoms with Gasteiger partial charge in [-0.05, 0) is 73.5 Å². The fourth-order valence-electron chi connectivity index (χ4n) is 4.71. The smallest absolute Gasteiger partial charge is 0.301 e. The third-order valence-electron chi connectivity index (χ3n) is 6.61. The van der Waals surface area contributed by atoms with Crippen molar-refractivity contribution < 1.29 is 26.3 Å². The summed E-state index contributed by atoms with van der Waals surface area (Å²) in [4.78, 5) is 15.2. The minimum Gasteiger partial charge on any atom is -0.301 e. The first-order chi connectivity index (χ1) is 17.5. The van der Waals surface area contributed by atoms with Crippen molar-refractivity contribution >= 4 is 10.9 Å². The van der Waals surface area contributed by atoms with Crippen molar-refractivity contribution in [3.63, 3.8) is 0 Å². The Labute approximate surface area is 207 Å². The summed E-state index contributed by atoms with van der Waals surface area (Å²) in [7, 11) is 0. The van der Waals surface area contributed by atoms with Crippen LogP contribution in [0.1, 0.15) is 24.0 Å². The quantitative estimate of drug-likeness (QED) is 0.304. The molecule has 5 rings (SSSR count). The highest BCUT2D eigenvalue weighted by molar-refractivity contribution is 5.81. The van der Waals surface area contributed by atoms with E-state index in [2.05, 4.69) is 10.00 Å².